The minimum absolute atomic E-state index is 0.144. The maximum Gasteiger partial charge on any atom is 0.237 e. The van der Waals surface area contributed by atoms with Gasteiger partial charge in [0.05, 0.1) is 18.6 Å². The van der Waals surface area contributed by atoms with E-state index in [1.54, 1.807) is 18.0 Å². The van der Waals surface area contributed by atoms with E-state index in [2.05, 4.69) is 37.3 Å². The Balaban J connectivity index is 1.68. The first-order valence-corrected chi connectivity index (χ1v) is 9.42. The molecule has 0 saturated heterocycles. The molecule has 0 spiro atoms. The van der Waals surface area contributed by atoms with Crippen LogP contribution < -0.4 is 0 Å². The van der Waals surface area contributed by atoms with E-state index in [0.29, 0.717) is 12.3 Å². The second-order valence-electron chi connectivity index (χ2n) is 6.10. The number of rotatable bonds is 6. The minimum Gasteiger partial charge on any atom is -0.467 e. The van der Waals surface area contributed by atoms with Crippen LogP contribution in [0.3, 0.4) is 0 Å². The van der Waals surface area contributed by atoms with Gasteiger partial charge in [-0.05, 0) is 56.9 Å². The highest BCUT2D eigenvalue weighted by molar-refractivity contribution is 8.00. The van der Waals surface area contributed by atoms with Crippen molar-refractivity contribution in [2.24, 2.45) is 0 Å². The Bertz CT molecular complexity index is 689. The van der Waals surface area contributed by atoms with Crippen molar-refractivity contribution in [2.45, 2.75) is 44.0 Å². The lowest BCUT2D eigenvalue weighted by molar-refractivity contribution is -0.127. The summed E-state index contributed by atoms with van der Waals surface area (Å²) >= 11 is 1.59. The van der Waals surface area contributed by atoms with Gasteiger partial charge >= 0.3 is 0 Å². The lowest BCUT2D eigenvalue weighted by Crippen LogP contribution is -2.32. The number of nitrogens with zero attached hydrogens (tertiary/aromatic N) is 1. The molecule has 1 aliphatic rings. The number of aryl methyl sites for hydroxylation is 1. The third-order valence-electron chi connectivity index (χ3n) is 4.19. The van der Waals surface area contributed by atoms with Gasteiger partial charge in [-0.1, -0.05) is 23.8 Å². The van der Waals surface area contributed by atoms with Crippen LogP contribution in [0.5, 0.6) is 0 Å². The Morgan fingerprint density at radius 2 is 2.04 bits per heavy atom. The third kappa shape index (κ3) is 4.54. The summed E-state index contributed by atoms with van der Waals surface area (Å²) in [5.41, 5.74) is 2.38. The van der Waals surface area contributed by atoms with Gasteiger partial charge in [-0.25, -0.2) is 0 Å². The summed E-state index contributed by atoms with van der Waals surface area (Å²) in [6.07, 6.45) is 8.27. The van der Waals surface area contributed by atoms with Crippen molar-refractivity contribution in [2.75, 3.05) is 5.75 Å². The van der Waals surface area contributed by atoms with E-state index in [1.807, 2.05) is 17.0 Å². The highest BCUT2D eigenvalue weighted by Gasteiger charge is 2.21. The second kappa shape index (κ2) is 8.25. The number of hydrogen-bond acceptors (Lipinski definition) is 3. The molecule has 0 radical (unpaired) electrons. The summed E-state index contributed by atoms with van der Waals surface area (Å²) in [4.78, 5) is 15.9. The Kier molecular flexibility index (Phi) is 5.81. The normalized spacial score (nSPS) is 14.3. The van der Waals surface area contributed by atoms with Crippen LogP contribution in [0.2, 0.25) is 0 Å². The minimum atomic E-state index is 0.144. The van der Waals surface area contributed by atoms with E-state index in [4.69, 9.17) is 4.42 Å². The summed E-state index contributed by atoms with van der Waals surface area (Å²) < 4.78 is 5.45. The average Bonchev–Trinajstić information content (AvgIpc) is 3.13. The van der Waals surface area contributed by atoms with Crippen molar-refractivity contribution in [3.63, 3.8) is 0 Å². The fourth-order valence-corrected chi connectivity index (χ4v) is 3.61. The SMILES string of the molecule is Cc1ccc(SCC(=O)N(Cc2ccco2)C2=CCCCC2)cc1. The number of carbonyl (C=O) groups excluding carboxylic acids is 1. The predicted octanol–water partition coefficient (Wildman–Crippen LogP) is 5.17. The van der Waals surface area contributed by atoms with Crippen LogP contribution in [0.25, 0.3) is 0 Å². The van der Waals surface area contributed by atoms with Gasteiger partial charge in [0, 0.05) is 10.6 Å². The van der Waals surface area contributed by atoms with Crippen LogP contribution in [0.1, 0.15) is 37.0 Å². The molecule has 0 N–H and O–H groups in total. The zero-order valence-electron chi connectivity index (χ0n) is 14.0. The van der Waals surface area contributed by atoms with Crippen molar-refractivity contribution in [3.8, 4) is 0 Å². The molecule has 0 bridgehead atoms. The Morgan fingerprint density at radius 1 is 1.21 bits per heavy atom. The molecule has 4 heteroatoms. The molecule has 3 nitrogen and oxygen atoms in total. The molecule has 2 aromatic rings. The molecule has 0 saturated carbocycles. The van der Waals surface area contributed by atoms with Gasteiger partial charge in [-0.3, -0.25) is 4.79 Å². The summed E-state index contributed by atoms with van der Waals surface area (Å²) in [5.74, 6) is 1.42. The third-order valence-corrected chi connectivity index (χ3v) is 5.19. The molecule has 1 aliphatic carbocycles. The number of furan rings is 1. The molecule has 24 heavy (non-hydrogen) atoms. The standard InChI is InChI=1S/C20H23NO2S/c1-16-9-11-19(12-10-16)24-15-20(22)21(14-18-8-5-13-23-18)17-6-3-2-4-7-17/h5-6,8-13H,2-4,7,14-15H2,1H3. The van der Waals surface area contributed by atoms with Gasteiger partial charge in [0.2, 0.25) is 5.91 Å². The van der Waals surface area contributed by atoms with Crippen LogP contribution in [-0.4, -0.2) is 16.6 Å². The molecule has 126 valence electrons. The van der Waals surface area contributed by atoms with Crippen molar-refractivity contribution >= 4 is 17.7 Å². The van der Waals surface area contributed by atoms with E-state index in [-0.39, 0.29) is 5.91 Å². The largest absolute Gasteiger partial charge is 0.467 e. The number of carbonyl (C=O) groups is 1. The maximum atomic E-state index is 12.8. The number of thioether (sulfide) groups is 1. The zero-order valence-corrected chi connectivity index (χ0v) is 14.8. The maximum absolute atomic E-state index is 12.8. The van der Waals surface area contributed by atoms with Crippen LogP contribution in [0.15, 0.2) is 63.7 Å². The molecule has 1 heterocycles. The monoisotopic (exact) mass is 341 g/mol. The first-order chi connectivity index (χ1) is 11.7. The zero-order chi connectivity index (χ0) is 16.8. The number of amides is 1. The number of allylic oxidation sites excluding steroid dienone is 2. The van der Waals surface area contributed by atoms with E-state index >= 15 is 0 Å². The Labute approximate surface area is 147 Å². The van der Waals surface area contributed by atoms with Crippen molar-refractivity contribution < 1.29 is 9.21 Å². The molecule has 0 aliphatic heterocycles. The highest BCUT2D eigenvalue weighted by atomic mass is 32.2. The van der Waals surface area contributed by atoms with Crippen LogP contribution in [0.4, 0.5) is 0 Å². The van der Waals surface area contributed by atoms with Crippen LogP contribution in [0, 0.1) is 6.92 Å². The molecule has 0 fully saturated rings. The predicted molar refractivity (Wildman–Crippen MR) is 97.7 cm³/mol. The van der Waals surface area contributed by atoms with Crippen molar-refractivity contribution in [3.05, 3.63) is 65.8 Å². The van der Waals surface area contributed by atoms with E-state index in [0.717, 1.165) is 35.6 Å². The van der Waals surface area contributed by atoms with E-state index < -0.39 is 0 Å². The lowest BCUT2D eigenvalue weighted by atomic mass is 10.0. The summed E-state index contributed by atoms with van der Waals surface area (Å²) in [7, 11) is 0. The van der Waals surface area contributed by atoms with E-state index in [1.165, 1.54) is 12.0 Å². The molecular weight excluding hydrogens is 318 g/mol. The average molecular weight is 341 g/mol. The molecule has 0 unspecified atom stereocenters. The van der Waals surface area contributed by atoms with Gasteiger partial charge in [-0.2, -0.15) is 0 Å². The fraction of sp³-hybridized carbons (Fsp3) is 0.350. The number of benzene rings is 1. The Morgan fingerprint density at radius 3 is 2.71 bits per heavy atom. The molecule has 1 amide bonds. The van der Waals surface area contributed by atoms with Crippen molar-refractivity contribution in [1.82, 2.24) is 4.90 Å². The molecule has 0 atom stereocenters. The summed E-state index contributed by atoms with van der Waals surface area (Å²) in [5, 5.41) is 0. The van der Waals surface area contributed by atoms with Crippen LogP contribution in [-0.2, 0) is 11.3 Å². The second-order valence-corrected chi connectivity index (χ2v) is 7.15. The fourth-order valence-electron chi connectivity index (χ4n) is 2.83. The van der Waals surface area contributed by atoms with Crippen molar-refractivity contribution in [1.29, 1.82) is 0 Å². The van der Waals surface area contributed by atoms with Gasteiger partial charge in [0.25, 0.3) is 0 Å². The topological polar surface area (TPSA) is 33.5 Å². The smallest absolute Gasteiger partial charge is 0.237 e. The summed E-state index contributed by atoms with van der Waals surface area (Å²) in [6, 6.07) is 12.1. The first kappa shape index (κ1) is 16.9. The van der Waals surface area contributed by atoms with Gasteiger partial charge in [-0.15, -0.1) is 11.8 Å². The molecular formula is C20H23NO2S. The highest BCUT2D eigenvalue weighted by Crippen LogP contribution is 2.25. The van der Waals surface area contributed by atoms with Gasteiger partial charge in [0.1, 0.15) is 5.76 Å². The molecule has 1 aromatic carbocycles. The van der Waals surface area contributed by atoms with Crippen LogP contribution >= 0.6 is 11.8 Å². The quantitative estimate of drug-likeness (QED) is 0.680. The first-order valence-electron chi connectivity index (χ1n) is 8.43. The molecule has 3 rings (SSSR count). The van der Waals surface area contributed by atoms with E-state index in [9.17, 15) is 4.79 Å². The van der Waals surface area contributed by atoms with Gasteiger partial charge in [0.15, 0.2) is 0 Å². The Hall–Kier alpha value is -1.94. The summed E-state index contributed by atoms with van der Waals surface area (Å²) in [6.45, 7) is 2.59. The van der Waals surface area contributed by atoms with Gasteiger partial charge < -0.3 is 9.32 Å². The number of hydrogen-bond donors (Lipinski definition) is 0. The molecule has 1 aromatic heterocycles. The lowest BCUT2D eigenvalue weighted by Gasteiger charge is -2.27.